The number of benzene rings is 8. The fourth-order valence-corrected chi connectivity index (χ4v) is 13.7. The lowest BCUT2D eigenvalue weighted by molar-refractivity contribution is 0.332. The third-order valence-corrected chi connectivity index (χ3v) is 17.8. The van der Waals surface area contributed by atoms with Gasteiger partial charge in [0.1, 0.15) is 0 Å². The van der Waals surface area contributed by atoms with Crippen molar-refractivity contribution in [3.8, 4) is 16.8 Å². The van der Waals surface area contributed by atoms with Gasteiger partial charge >= 0.3 is 0 Å². The van der Waals surface area contributed by atoms with Gasteiger partial charge in [-0.2, -0.15) is 0 Å². The highest BCUT2D eigenvalue weighted by atomic mass is 32.1. The minimum Gasteiger partial charge on any atom is -0.355 e. The third kappa shape index (κ3) is 8.11. The monoisotopic (exact) mass is 943 g/mol. The first kappa shape index (κ1) is 45.8. The van der Waals surface area contributed by atoms with E-state index in [4.69, 9.17) is 0 Å². The number of aromatic nitrogens is 1. The van der Waals surface area contributed by atoms with Crippen LogP contribution in [0.3, 0.4) is 0 Å². The fraction of sp³-hybridized carbons (Fsp3) is 0.284. The molecule has 0 spiro atoms. The number of hydrogen-bond donors (Lipinski definition) is 1. The average Bonchev–Trinajstić information content (AvgIpc) is 3.93. The van der Waals surface area contributed by atoms with Gasteiger partial charge in [0.05, 0.1) is 5.52 Å². The second-order valence-corrected chi connectivity index (χ2v) is 23.4. The van der Waals surface area contributed by atoms with E-state index >= 15 is 0 Å². The van der Waals surface area contributed by atoms with E-state index in [1.54, 1.807) is 0 Å². The molecule has 1 N–H and O–H groups in total. The van der Waals surface area contributed by atoms with Crippen molar-refractivity contribution < 1.29 is 0 Å². The summed E-state index contributed by atoms with van der Waals surface area (Å²) in [6.45, 7) is 14.5. The molecule has 0 fully saturated rings. The van der Waals surface area contributed by atoms with E-state index in [1.165, 1.54) is 160 Å². The van der Waals surface area contributed by atoms with Crippen LogP contribution < -0.4 is 16.2 Å². The van der Waals surface area contributed by atoms with Crippen molar-refractivity contribution in [3.63, 3.8) is 0 Å². The number of fused-ring (bicyclic) bond motifs is 9. The molecule has 4 heteroatoms. The molecule has 354 valence electrons. The predicted octanol–water partition coefficient (Wildman–Crippen LogP) is 17.3. The molecule has 0 saturated heterocycles. The van der Waals surface area contributed by atoms with E-state index in [0.717, 1.165) is 31.5 Å². The van der Waals surface area contributed by atoms with Crippen LogP contribution in [0.2, 0.25) is 0 Å². The molecular weight excluding hydrogens is 876 g/mol. The molecule has 0 saturated carbocycles. The van der Waals surface area contributed by atoms with Crippen LogP contribution in [0.4, 0.5) is 11.4 Å². The fourth-order valence-electron chi connectivity index (χ4n) is 12.6. The lowest BCUT2D eigenvalue weighted by Crippen LogP contribution is -2.38. The van der Waals surface area contributed by atoms with E-state index in [-0.39, 0.29) is 16.7 Å². The van der Waals surface area contributed by atoms with Gasteiger partial charge in [-0.05, 0) is 154 Å². The lowest BCUT2D eigenvalue weighted by Gasteiger charge is -2.42. The zero-order valence-electron chi connectivity index (χ0n) is 42.7. The van der Waals surface area contributed by atoms with E-state index in [2.05, 4.69) is 209 Å². The summed E-state index contributed by atoms with van der Waals surface area (Å²) in [7, 11) is 0.869. The van der Waals surface area contributed by atoms with Crippen LogP contribution in [-0.4, -0.2) is 11.8 Å². The number of thiophene rings is 1. The topological polar surface area (TPSA) is 17.0 Å². The van der Waals surface area contributed by atoms with Crippen molar-refractivity contribution in [1.29, 1.82) is 0 Å². The molecule has 12 rings (SSSR count). The van der Waals surface area contributed by atoms with Crippen LogP contribution in [0.15, 0.2) is 158 Å². The van der Waals surface area contributed by atoms with Crippen molar-refractivity contribution in [2.45, 2.75) is 122 Å². The third-order valence-electron chi connectivity index (χ3n) is 16.6. The maximum Gasteiger partial charge on any atom is 0.198 e. The number of nitrogens with one attached hydrogen (secondary N) is 1. The summed E-state index contributed by atoms with van der Waals surface area (Å²) in [5, 5.41) is 9.49. The number of unbranched alkanes of at least 4 members (excludes halogenated alkanes) is 4. The Labute approximate surface area is 426 Å². The average molecular weight is 943 g/mol. The molecule has 1 aliphatic heterocycles. The summed E-state index contributed by atoms with van der Waals surface area (Å²) in [5.74, 6) is -0.00297. The molecule has 0 unspecified atom stereocenters. The van der Waals surface area contributed by atoms with Crippen molar-refractivity contribution in [2.24, 2.45) is 0 Å². The smallest absolute Gasteiger partial charge is 0.198 e. The van der Waals surface area contributed by atoms with Crippen molar-refractivity contribution in [2.75, 3.05) is 5.32 Å². The molecular formula is C67H67BN2S. The molecule has 1 aliphatic carbocycles. The summed E-state index contributed by atoms with van der Waals surface area (Å²) < 4.78 is 5.38. The summed E-state index contributed by atoms with van der Waals surface area (Å²) >= 11 is 1.92. The second-order valence-electron chi connectivity index (χ2n) is 22.4. The minimum atomic E-state index is -0.00297. The van der Waals surface area contributed by atoms with E-state index in [1.807, 2.05) is 11.3 Å². The summed E-state index contributed by atoms with van der Waals surface area (Å²) in [6, 6.07) is 61.4. The Kier molecular flexibility index (Phi) is 11.8. The van der Waals surface area contributed by atoms with Gasteiger partial charge in [-0.1, -0.05) is 176 Å². The molecule has 10 aromatic rings. The minimum absolute atomic E-state index is 0.00297. The highest BCUT2D eigenvalue weighted by Gasteiger charge is 2.39. The molecule has 2 aromatic heterocycles. The quantitative estimate of drug-likeness (QED) is 0.0653. The van der Waals surface area contributed by atoms with E-state index in [0.29, 0.717) is 0 Å². The Morgan fingerprint density at radius 1 is 0.577 bits per heavy atom. The SMILES string of the molecule is CCCCCc1ccc(Nc2cc3c(cc2-c2cc(C(c4ccccc4)c4ccccc4)c4c5cc6c(cc5n5c4c2Bc2cc(CCCCC)ccc2-5)C(C)(C)CCC6(C)C)sc2ccccc23)cc1. The number of anilines is 2. The number of hydrogen-bond acceptors (Lipinski definition) is 2. The van der Waals surface area contributed by atoms with Gasteiger partial charge in [-0.25, -0.2) is 0 Å². The van der Waals surface area contributed by atoms with Crippen LogP contribution in [-0.2, 0) is 23.7 Å². The number of rotatable bonds is 14. The second kappa shape index (κ2) is 18.4. The highest BCUT2D eigenvalue weighted by molar-refractivity contribution is 7.25. The Hall–Kier alpha value is -6.36. The number of nitrogens with zero attached hydrogens (tertiary/aromatic N) is 1. The number of aryl methyl sites for hydroxylation is 2. The maximum atomic E-state index is 4.09. The van der Waals surface area contributed by atoms with Gasteiger partial charge in [0.15, 0.2) is 7.28 Å². The van der Waals surface area contributed by atoms with Crippen molar-refractivity contribution in [1.82, 2.24) is 4.57 Å². The van der Waals surface area contributed by atoms with Gasteiger partial charge in [0, 0.05) is 65.0 Å². The summed E-state index contributed by atoms with van der Waals surface area (Å²) in [4.78, 5) is 0. The summed E-state index contributed by atoms with van der Waals surface area (Å²) in [6.07, 6.45) is 12.0. The highest BCUT2D eigenvalue weighted by Crippen LogP contribution is 2.51. The summed E-state index contributed by atoms with van der Waals surface area (Å²) in [5.41, 5.74) is 21.7. The first-order chi connectivity index (χ1) is 34.6. The molecule has 0 bridgehead atoms. The van der Waals surface area contributed by atoms with Crippen LogP contribution in [0.5, 0.6) is 0 Å². The largest absolute Gasteiger partial charge is 0.355 e. The molecule has 3 heterocycles. The predicted molar refractivity (Wildman–Crippen MR) is 311 cm³/mol. The zero-order valence-corrected chi connectivity index (χ0v) is 43.5. The molecule has 2 nitrogen and oxygen atoms in total. The normalized spacial score (nSPS) is 14.6. The van der Waals surface area contributed by atoms with Crippen molar-refractivity contribution >= 4 is 82.9 Å². The molecule has 71 heavy (non-hydrogen) atoms. The standard InChI is InChI=1S/C67H67BN2S/c1-7-9-13-21-43-29-32-47(33-30-43)69-57-40-50-48-27-19-20-28-60(48)71-61(50)41-49(57)51-38-53(62(45-23-15-11-16-24-45)46-25-17-12-18-26-46)63-52-39-54-55(67(5,6)36-35-66(54,3)4)42-59(52)70-58-34-31-44(22-14-10-8-2)37-56(58)68-64(51)65(63)70/h11-12,15-20,23-34,37-42,62,68-69H,7-10,13-14,21-22,35-36H2,1-6H3. The van der Waals surface area contributed by atoms with E-state index < -0.39 is 0 Å². The van der Waals surface area contributed by atoms with Crippen molar-refractivity contribution in [3.05, 3.63) is 197 Å². The lowest BCUT2D eigenvalue weighted by atomic mass is 9.58. The molecule has 2 aliphatic rings. The van der Waals surface area contributed by atoms with Gasteiger partial charge in [-0.3, -0.25) is 0 Å². The van der Waals surface area contributed by atoms with Crippen LogP contribution >= 0.6 is 11.3 Å². The Morgan fingerprint density at radius 2 is 1.21 bits per heavy atom. The Balaban J connectivity index is 1.21. The molecule has 0 amide bonds. The Morgan fingerprint density at radius 3 is 1.90 bits per heavy atom. The van der Waals surface area contributed by atoms with Crippen LogP contribution in [0.25, 0.3) is 58.8 Å². The van der Waals surface area contributed by atoms with Gasteiger partial charge in [0.25, 0.3) is 0 Å². The van der Waals surface area contributed by atoms with Crippen LogP contribution in [0, 0.1) is 0 Å². The van der Waals surface area contributed by atoms with Gasteiger partial charge < -0.3 is 9.88 Å². The van der Waals surface area contributed by atoms with E-state index in [9.17, 15) is 0 Å². The van der Waals surface area contributed by atoms with Crippen LogP contribution in [0.1, 0.15) is 138 Å². The van der Waals surface area contributed by atoms with Gasteiger partial charge in [-0.15, -0.1) is 11.3 Å². The molecule has 0 atom stereocenters. The maximum absolute atomic E-state index is 4.09. The van der Waals surface area contributed by atoms with Gasteiger partial charge in [0.2, 0.25) is 0 Å². The first-order valence-electron chi connectivity index (χ1n) is 26.8. The Bertz CT molecular complexity index is 3570. The first-order valence-corrected chi connectivity index (χ1v) is 27.6. The molecule has 8 aromatic carbocycles. The molecule has 0 radical (unpaired) electrons. The zero-order chi connectivity index (χ0) is 48.4.